The quantitative estimate of drug-likeness (QED) is 0.626. The van der Waals surface area contributed by atoms with Gasteiger partial charge in [-0.1, -0.05) is 31.6 Å². The summed E-state index contributed by atoms with van der Waals surface area (Å²) in [6, 6.07) is 8.47. The zero-order valence-electron chi connectivity index (χ0n) is 18.1. The van der Waals surface area contributed by atoms with Crippen LogP contribution in [-0.2, 0) is 4.74 Å². The molecule has 0 spiro atoms. The van der Waals surface area contributed by atoms with E-state index in [1.807, 2.05) is 6.07 Å². The van der Waals surface area contributed by atoms with Gasteiger partial charge in [-0.3, -0.25) is 0 Å². The number of rotatable bonds is 4. The second kappa shape index (κ2) is 8.68. The Morgan fingerprint density at radius 3 is 2.57 bits per heavy atom. The summed E-state index contributed by atoms with van der Waals surface area (Å²) in [5, 5.41) is 0. The maximum Gasteiger partial charge on any atom is 0.226 e. The number of allylic oxidation sites excluding steroid dienone is 3. The van der Waals surface area contributed by atoms with E-state index in [1.54, 1.807) is 12.1 Å². The fraction of sp³-hybridized carbons (Fsp3) is 0.440. The summed E-state index contributed by atoms with van der Waals surface area (Å²) in [5.74, 6) is 0.848. The van der Waals surface area contributed by atoms with Crippen molar-refractivity contribution in [2.45, 2.75) is 33.6 Å². The minimum Gasteiger partial charge on any atom is -0.378 e. The van der Waals surface area contributed by atoms with Crippen LogP contribution in [-0.4, -0.2) is 36.3 Å². The fourth-order valence-corrected chi connectivity index (χ4v) is 4.39. The highest BCUT2D eigenvalue weighted by Crippen LogP contribution is 2.41. The standard InChI is InChI=1S/C25H30FN3O/c1-18-5-4-12-25(2,3)22(18)11-10-21-17-23(19-6-8-20(26)9-7-19)28-24(27-21)29-13-15-30-16-14-29/h5-11,17,22H,4,12-16H2,1-3H3/b11-10+. The first-order valence-electron chi connectivity index (χ1n) is 10.7. The molecule has 4 rings (SSSR count). The molecule has 1 aromatic heterocycles. The zero-order valence-corrected chi connectivity index (χ0v) is 18.1. The van der Waals surface area contributed by atoms with Crippen LogP contribution in [0.2, 0.25) is 0 Å². The first kappa shape index (κ1) is 20.7. The predicted octanol–water partition coefficient (Wildman–Crippen LogP) is 5.52. The van der Waals surface area contributed by atoms with Gasteiger partial charge in [0.25, 0.3) is 0 Å². The second-order valence-corrected chi connectivity index (χ2v) is 8.90. The molecule has 5 heteroatoms. The van der Waals surface area contributed by atoms with Crippen molar-refractivity contribution in [3.05, 3.63) is 59.6 Å². The molecule has 2 heterocycles. The van der Waals surface area contributed by atoms with Gasteiger partial charge in [-0.05, 0) is 61.6 Å². The molecule has 2 aromatic rings. The van der Waals surface area contributed by atoms with E-state index in [0.29, 0.717) is 25.1 Å². The molecule has 2 aliphatic rings. The Kier molecular flexibility index (Phi) is 6.00. The molecule has 1 aromatic carbocycles. The summed E-state index contributed by atoms with van der Waals surface area (Å²) < 4.78 is 18.9. The van der Waals surface area contributed by atoms with Gasteiger partial charge < -0.3 is 9.64 Å². The summed E-state index contributed by atoms with van der Waals surface area (Å²) in [7, 11) is 0. The van der Waals surface area contributed by atoms with Gasteiger partial charge in [0.15, 0.2) is 0 Å². The van der Waals surface area contributed by atoms with E-state index in [9.17, 15) is 4.39 Å². The van der Waals surface area contributed by atoms with Crippen LogP contribution in [0.5, 0.6) is 0 Å². The van der Waals surface area contributed by atoms with Gasteiger partial charge in [-0.15, -0.1) is 0 Å². The molecule has 0 N–H and O–H groups in total. The number of anilines is 1. The van der Waals surface area contributed by atoms with Crippen molar-refractivity contribution in [2.24, 2.45) is 11.3 Å². The molecule has 1 saturated heterocycles. The van der Waals surface area contributed by atoms with Crippen LogP contribution in [0.4, 0.5) is 10.3 Å². The Morgan fingerprint density at radius 2 is 1.87 bits per heavy atom. The Hall–Kier alpha value is -2.53. The Bertz CT molecular complexity index is 943. The van der Waals surface area contributed by atoms with Gasteiger partial charge >= 0.3 is 0 Å². The number of ether oxygens (including phenoxy) is 1. The van der Waals surface area contributed by atoms with Crippen molar-refractivity contribution < 1.29 is 9.13 Å². The molecule has 1 atom stereocenters. The van der Waals surface area contributed by atoms with Crippen LogP contribution >= 0.6 is 0 Å². The molecule has 158 valence electrons. The summed E-state index contributed by atoms with van der Waals surface area (Å²) in [5.41, 5.74) is 4.22. The number of aromatic nitrogens is 2. The molecule has 0 radical (unpaired) electrons. The molecule has 1 fully saturated rings. The largest absolute Gasteiger partial charge is 0.378 e. The molecule has 0 saturated carbocycles. The topological polar surface area (TPSA) is 38.2 Å². The van der Waals surface area contributed by atoms with Gasteiger partial charge in [0, 0.05) is 24.6 Å². The highest BCUT2D eigenvalue weighted by Gasteiger charge is 2.30. The number of hydrogen-bond donors (Lipinski definition) is 0. The monoisotopic (exact) mass is 407 g/mol. The molecule has 1 aliphatic heterocycles. The third-order valence-electron chi connectivity index (χ3n) is 6.21. The van der Waals surface area contributed by atoms with Crippen molar-refractivity contribution in [3.8, 4) is 11.3 Å². The molecule has 1 aliphatic carbocycles. The van der Waals surface area contributed by atoms with E-state index in [1.165, 1.54) is 24.1 Å². The predicted molar refractivity (Wildman–Crippen MR) is 120 cm³/mol. The Labute approximate surface area is 178 Å². The molecule has 0 bridgehead atoms. The van der Waals surface area contributed by atoms with Crippen LogP contribution < -0.4 is 4.90 Å². The highest BCUT2D eigenvalue weighted by molar-refractivity contribution is 5.64. The normalized spacial score (nSPS) is 21.7. The zero-order chi connectivity index (χ0) is 21.1. The Morgan fingerprint density at radius 1 is 1.13 bits per heavy atom. The third-order valence-corrected chi connectivity index (χ3v) is 6.21. The lowest BCUT2D eigenvalue weighted by Gasteiger charge is -2.36. The van der Waals surface area contributed by atoms with E-state index in [2.05, 4.69) is 43.9 Å². The number of halogens is 1. The van der Waals surface area contributed by atoms with Gasteiger partial charge in [-0.25, -0.2) is 14.4 Å². The average Bonchev–Trinajstić information content (AvgIpc) is 2.74. The van der Waals surface area contributed by atoms with Gasteiger partial charge in [0.05, 0.1) is 24.6 Å². The first-order chi connectivity index (χ1) is 14.4. The molecule has 0 amide bonds. The van der Waals surface area contributed by atoms with Crippen LogP contribution in [0.25, 0.3) is 17.3 Å². The number of morpholine rings is 1. The molecule has 1 unspecified atom stereocenters. The molecule has 30 heavy (non-hydrogen) atoms. The summed E-state index contributed by atoms with van der Waals surface area (Å²) in [6.45, 7) is 9.79. The minimum absolute atomic E-state index is 0.231. The molecular weight excluding hydrogens is 377 g/mol. The van der Waals surface area contributed by atoms with Crippen LogP contribution in [0.1, 0.15) is 39.3 Å². The number of benzene rings is 1. The van der Waals surface area contributed by atoms with Crippen LogP contribution in [0, 0.1) is 17.2 Å². The van der Waals surface area contributed by atoms with Crippen molar-refractivity contribution in [2.75, 3.05) is 31.2 Å². The summed E-state index contributed by atoms with van der Waals surface area (Å²) >= 11 is 0. The smallest absolute Gasteiger partial charge is 0.226 e. The lowest BCUT2D eigenvalue weighted by molar-refractivity contribution is 0.122. The lowest BCUT2D eigenvalue weighted by atomic mass is 9.68. The number of nitrogens with zero attached hydrogens (tertiary/aromatic N) is 3. The van der Waals surface area contributed by atoms with E-state index in [-0.39, 0.29) is 11.2 Å². The SMILES string of the molecule is CC1=CCCC(C)(C)C1/C=C/c1cc(-c2ccc(F)cc2)nc(N2CCOCC2)n1. The maximum atomic E-state index is 13.4. The fourth-order valence-electron chi connectivity index (χ4n) is 4.39. The Balaban J connectivity index is 1.70. The van der Waals surface area contributed by atoms with Crippen LogP contribution in [0.15, 0.2) is 48.1 Å². The van der Waals surface area contributed by atoms with E-state index >= 15 is 0 Å². The third kappa shape index (κ3) is 4.62. The van der Waals surface area contributed by atoms with Gasteiger partial charge in [0.2, 0.25) is 5.95 Å². The first-order valence-corrected chi connectivity index (χ1v) is 10.7. The maximum absolute atomic E-state index is 13.4. The van der Waals surface area contributed by atoms with Gasteiger partial charge in [0.1, 0.15) is 5.82 Å². The van der Waals surface area contributed by atoms with Crippen molar-refractivity contribution >= 4 is 12.0 Å². The van der Waals surface area contributed by atoms with Crippen molar-refractivity contribution in [3.63, 3.8) is 0 Å². The molecular formula is C25H30FN3O. The van der Waals surface area contributed by atoms with E-state index < -0.39 is 0 Å². The van der Waals surface area contributed by atoms with Crippen LogP contribution in [0.3, 0.4) is 0 Å². The minimum atomic E-state index is -0.247. The van der Waals surface area contributed by atoms with Gasteiger partial charge in [-0.2, -0.15) is 0 Å². The number of hydrogen-bond acceptors (Lipinski definition) is 4. The highest BCUT2D eigenvalue weighted by atomic mass is 19.1. The second-order valence-electron chi connectivity index (χ2n) is 8.90. The van der Waals surface area contributed by atoms with Crippen molar-refractivity contribution in [1.29, 1.82) is 0 Å². The molecule has 4 nitrogen and oxygen atoms in total. The van der Waals surface area contributed by atoms with Crippen molar-refractivity contribution in [1.82, 2.24) is 9.97 Å². The van der Waals surface area contributed by atoms with E-state index in [0.717, 1.165) is 36.5 Å². The van der Waals surface area contributed by atoms with E-state index in [4.69, 9.17) is 14.7 Å². The summed E-state index contributed by atoms with van der Waals surface area (Å²) in [6.07, 6.45) is 9.08. The lowest BCUT2D eigenvalue weighted by Crippen LogP contribution is -2.37. The average molecular weight is 408 g/mol. The summed E-state index contributed by atoms with van der Waals surface area (Å²) in [4.78, 5) is 11.8.